The van der Waals surface area contributed by atoms with Crippen LogP contribution in [0.5, 0.6) is 5.75 Å². The van der Waals surface area contributed by atoms with Gasteiger partial charge in [0, 0.05) is 12.1 Å². The van der Waals surface area contributed by atoms with E-state index in [4.69, 9.17) is 9.84 Å². The lowest BCUT2D eigenvalue weighted by Crippen LogP contribution is -2.15. The maximum absolute atomic E-state index is 12.5. The second-order valence-electron chi connectivity index (χ2n) is 7.28. The lowest BCUT2D eigenvalue weighted by atomic mass is 10.1. The molecule has 3 aromatic rings. The van der Waals surface area contributed by atoms with Crippen LogP contribution < -0.4 is 9.46 Å². The summed E-state index contributed by atoms with van der Waals surface area (Å²) in [6.45, 7) is -0.0130. The minimum Gasteiger partial charge on any atom is -0.490 e. The number of sulfonamides is 1. The van der Waals surface area contributed by atoms with Gasteiger partial charge in [-0.25, -0.2) is 8.42 Å². The highest BCUT2D eigenvalue weighted by molar-refractivity contribution is 7.92. The normalized spacial score (nSPS) is 12.4. The summed E-state index contributed by atoms with van der Waals surface area (Å²) in [5.41, 5.74) is 1.86. The largest absolute Gasteiger partial charge is 0.490 e. The highest BCUT2D eigenvalue weighted by atomic mass is 32.2. The summed E-state index contributed by atoms with van der Waals surface area (Å²) < 4.78 is 33.2. The Morgan fingerprint density at radius 1 is 1.00 bits per heavy atom. The predicted molar refractivity (Wildman–Crippen MR) is 127 cm³/mol. The molecule has 33 heavy (non-hydrogen) atoms. The molecule has 0 unspecified atom stereocenters. The number of anilines is 1. The number of aliphatic carboxylic acids is 1. The second kappa shape index (κ2) is 11.3. The van der Waals surface area contributed by atoms with Crippen molar-refractivity contribution in [2.24, 2.45) is 0 Å². The van der Waals surface area contributed by atoms with Gasteiger partial charge in [-0.15, -0.1) is 0 Å². The Kier molecular flexibility index (Phi) is 8.23. The highest BCUT2D eigenvalue weighted by Gasteiger charge is 2.13. The van der Waals surface area contributed by atoms with Crippen molar-refractivity contribution in [1.82, 2.24) is 0 Å². The van der Waals surface area contributed by atoms with Crippen molar-refractivity contribution >= 4 is 27.8 Å². The topological polar surface area (TPSA) is 113 Å². The first-order valence-electron chi connectivity index (χ1n) is 10.3. The van der Waals surface area contributed by atoms with E-state index in [2.05, 4.69) is 4.72 Å². The van der Waals surface area contributed by atoms with Crippen molar-refractivity contribution in [2.45, 2.75) is 23.8 Å². The molecule has 0 saturated carbocycles. The van der Waals surface area contributed by atoms with Crippen molar-refractivity contribution in [3.63, 3.8) is 0 Å². The van der Waals surface area contributed by atoms with Gasteiger partial charge in [-0.3, -0.25) is 9.52 Å². The zero-order valence-electron chi connectivity index (χ0n) is 17.8. The van der Waals surface area contributed by atoms with Gasteiger partial charge in [0.1, 0.15) is 18.5 Å². The third kappa shape index (κ3) is 7.48. The van der Waals surface area contributed by atoms with Gasteiger partial charge in [-0.05, 0) is 47.9 Å². The molecular weight excluding hydrogens is 442 g/mol. The Hall–Kier alpha value is -3.62. The summed E-state index contributed by atoms with van der Waals surface area (Å²) >= 11 is 0. The molecule has 0 aliphatic carbocycles. The maximum atomic E-state index is 12.5. The van der Waals surface area contributed by atoms with Gasteiger partial charge in [0.15, 0.2) is 0 Å². The van der Waals surface area contributed by atoms with Crippen LogP contribution in [0.15, 0.2) is 89.8 Å². The fourth-order valence-electron chi connectivity index (χ4n) is 3.07. The molecule has 3 N–H and O–H groups in total. The predicted octanol–water partition coefficient (Wildman–Crippen LogP) is 3.96. The van der Waals surface area contributed by atoms with E-state index in [1.807, 2.05) is 0 Å². The minimum atomic E-state index is -3.70. The quantitative estimate of drug-likeness (QED) is 0.393. The van der Waals surface area contributed by atoms with Gasteiger partial charge < -0.3 is 14.9 Å². The standard InChI is InChI=1S/C25H25NO6S/c27-22(18-32-24-12-5-4-8-20(24)14-16-25(28)29)15-13-19-7-6-9-21(17-19)26-33(30,31)23-10-2-1-3-11-23/h1-13,15,17,22,26-27H,14,16,18H2,(H,28,29)/b15-13+/t22-/m1/s1. The Bertz CT molecular complexity index is 1210. The van der Waals surface area contributed by atoms with Crippen LogP contribution in [0.4, 0.5) is 5.69 Å². The van der Waals surface area contributed by atoms with Gasteiger partial charge >= 0.3 is 5.97 Å². The van der Waals surface area contributed by atoms with Crippen LogP contribution in [0.25, 0.3) is 6.08 Å². The van der Waals surface area contributed by atoms with E-state index in [0.29, 0.717) is 23.4 Å². The molecule has 0 aliphatic heterocycles. The van der Waals surface area contributed by atoms with E-state index < -0.39 is 22.1 Å². The summed E-state index contributed by atoms with van der Waals surface area (Å²) in [4.78, 5) is 11.0. The molecule has 0 bridgehead atoms. The molecule has 7 nitrogen and oxygen atoms in total. The summed E-state index contributed by atoms with van der Waals surface area (Å²) in [6.07, 6.45) is 2.63. The number of benzene rings is 3. The van der Waals surface area contributed by atoms with Crippen LogP contribution in [0.1, 0.15) is 17.5 Å². The number of carboxylic acids is 1. The molecular formula is C25H25NO6S. The number of aryl methyl sites for hydroxylation is 1. The first-order chi connectivity index (χ1) is 15.8. The fourth-order valence-corrected chi connectivity index (χ4v) is 4.14. The van der Waals surface area contributed by atoms with Gasteiger partial charge in [0.25, 0.3) is 10.0 Å². The SMILES string of the molecule is O=C(O)CCc1ccccc1OC[C@H](O)/C=C/c1cccc(NS(=O)(=O)c2ccccc2)c1. The maximum Gasteiger partial charge on any atom is 0.303 e. The van der Waals surface area contributed by atoms with Crippen LogP contribution in [0, 0.1) is 0 Å². The first kappa shape index (κ1) is 24.0. The number of ether oxygens (including phenoxy) is 1. The van der Waals surface area contributed by atoms with Gasteiger partial charge in [-0.2, -0.15) is 0 Å². The zero-order valence-corrected chi connectivity index (χ0v) is 18.6. The lowest BCUT2D eigenvalue weighted by Gasteiger charge is -2.13. The molecule has 0 aromatic heterocycles. The Balaban J connectivity index is 1.60. The summed E-state index contributed by atoms with van der Waals surface area (Å²) in [5.74, 6) is -0.357. The molecule has 172 valence electrons. The molecule has 8 heteroatoms. The number of hydrogen-bond acceptors (Lipinski definition) is 5. The molecule has 0 heterocycles. The molecule has 3 rings (SSSR count). The number of carboxylic acid groups (broad SMARTS) is 1. The molecule has 0 spiro atoms. The number of carbonyl (C=O) groups is 1. The summed E-state index contributed by atoms with van der Waals surface area (Å²) in [5, 5.41) is 19.1. The molecule has 1 atom stereocenters. The smallest absolute Gasteiger partial charge is 0.303 e. The molecule has 0 aliphatic rings. The zero-order chi connectivity index (χ0) is 23.7. The van der Waals surface area contributed by atoms with E-state index >= 15 is 0 Å². The van der Waals surface area contributed by atoms with E-state index in [-0.39, 0.29) is 17.9 Å². The van der Waals surface area contributed by atoms with Crippen LogP contribution in [0.3, 0.4) is 0 Å². The van der Waals surface area contributed by atoms with Crippen molar-refractivity contribution in [2.75, 3.05) is 11.3 Å². The Morgan fingerprint density at radius 3 is 2.48 bits per heavy atom. The number of aliphatic hydroxyl groups is 1. The highest BCUT2D eigenvalue weighted by Crippen LogP contribution is 2.21. The number of hydrogen-bond donors (Lipinski definition) is 3. The summed E-state index contributed by atoms with van der Waals surface area (Å²) in [7, 11) is -3.70. The van der Waals surface area contributed by atoms with Crippen molar-refractivity contribution in [3.05, 3.63) is 96.1 Å². The van der Waals surface area contributed by atoms with E-state index in [9.17, 15) is 18.3 Å². The van der Waals surface area contributed by atoms with Gasteiger partial charge in [-0.1, -0.05) is 60.7 Å². The minimum absolute atomic E-state index is 0.00675. The fraction of sp³-hybridized carbons (Fsp3) is 0.160. The van der Waals surface area contributed by atoms with Crippen molar-refractivity contribution < 1.29 is 28.2 Å². The Labute approximate surface area is 193 Å². The van der Waals surface area contributed by atoms with E-state index in [1.165, 1.54) is 12.1 Å². The number of nitrogens with one attached hydrogen (secondary N) is 1. The summed E-state index contributed by atoms with van der Waals surface area (Å²) in [6, 6.07) is 22.0. The number of rotatable bonds is 11. The van der Waals surface area contributed by atoms with Gasteiger partial charge in [0.2, 0.25) is 0 Å². The van der Waals surface area contributed by atoms with Crippen molar-refractivity contribution in [1.29, 1.82) is 0 Å². The molecule has 0 saturated heterocycles. The number of para-hydroxylation sites is 1. The van der Waals surface area contributed by atoms with Crippen LogP contribution >= 0.6 is 0 Å². The van der Waals surface area contributed by atoms with E-state index in [0.717, 1.165) is 5.56 Å². The average Bonchev–Trinajstić information content (AvgIpc) is 2.81. The van der Waals surface area contributed by atoms with Gasteiger partial charge in [0.05, 0.1) is 4.90 Å². The monoisotopic (exact) mass is 467 g/mol. The van der Waals surface area contributed by atoms with Crippen LogP contribution in [-0.2, 0) is 21.2 Å². The number of aliphatic hydroxyl groups excluding tert-OH is 1. The molecule has 0 radical (unpaired) electrons. The average molecular weight is 468 g/mol. The van der Waals surface area contributed by atoms with E-state index in [1.54, 1.807) is 78.9 Å². The van der Waals surface area contributed by atoms with Crippen LogP contribution in [-0.4, -0.2) is 37.3 Å². The third-order valence-corrected chi connectivity index (χ3v) is 6.09. The Morgan fingerprint density at radius 2 is 1.73 bits per heavy atom. The third-order valence-electron chi connectivity index (χ3n) is 4.69. The van der Waals surface area contributed by atoms with Crippen molar-refractivity contribution in [3.8, 4) is 5.75 Å². The molecule has 3 aromatic carbocycles. The second-order valence-corrected chi connectivity index (χ2v) is 8.97. The molecule has 0 amide bonds. The molecule has 0 fully saturated rings. The lowest BCUT2D eigenvalue weighted by molar-refractivity contribution is -0.136. The van der Waals surface area contributed by atoms with Crippen LogP contribution in [0.2, 0.25) is 0 Å². The first-order valence-corrected chi connectivity index (χ1v) is 11.8.